The van der Waals surface area contributed by atoms with Crippen LogP contribution in [0, 0.1) is 0 Å². The molecule has 0 aliphatic carbocycles. The van der Waals surface area contributed by atoms with E-state index in [0.717, 1.165) is 0 Å². The third kappa shape index (κ3) is 3.92. The van der Waals surface area contributed by atoms with Crippen molar-refractivity contribution in [1.29, 1.82) is 0 Å². The molecule has 0 unspecified atom stereocenters. The lowest BCUT2D eigenvalue weighted by atomic mass is 10.4. The van der Waals surface area contributed by atoms with E-state index >= 15 is 0 Å². The summed E-state index contributed by atoms with van der Waals surface area (Å²) in [7, 11) is 0. The second-order valence-corrected chi connectivity index (χ2v) is 5.31. The highest BCUT2D eigenvalue weighted by Crippen LogP contribution is 2.11. The Morgan fingerprint density at radius 3 is 1.06 bits per heavy atom. The predicted molar refractivity (Wildman–Crippen MR) is 76.5 cm³/mol. The van der Waals surface area contributed by atoms with Crippen molar-refractivity contribution in [2.45, 2.75) is 0 Å². The average Bonchev–Trinajstić information content (AvgIpc) is 2.43. The van der Waals surface area contributed by atoms with E-state index in [2.05, 4.69) is 47.8 Å². The summed E-state index contributed by atoms with van der Waals surface area (Å²) >= 11 is 9.25. The molecule has 1 fully saturated rings. The number of hydrogen-bond acceptors (Lipinski definition) is 3. The molecule has 1 aliphatic rings. The SMILES string of the molecule is O=C(CBr)N1CN(C(=O)CBr)CN(C(=O)CBr)C1. The van der Waals surface area contributed by atoms with Crippen LogP contribution in [0.2, 0.25) is 0 Å². The zero-order valence-electron chi connectivity index (χ0n) is 9.44. The predicted octanol–water partition coefficient (Wildman–Crippen LogP) is 0.543. The van der Waals surface area contributed by atoms with Crippen LogP contribution in [0.1, 0.15) is 0 Å². The first-order valence-corrected chi connectivity index (χ1v) is 8.41. The van der Waals surface area contributed by atoms with Crippen LogP contribution in [0.5, 0.6) is 0 Å². The van der Waals surface area contributed by atoms with E-state index in [-0.39, 0.29) is 53.7 Å². The van der Waals surface area contributed by atoms with Gasteiger partial charge in [-0.05, 0) is 0 Å². The van der Waals surface area contributed by atoms with Crippen LogP contribution >= 0.6 is 47.8 Å². The van der Waals surface area contributed by atoms with Gasteiger partial charge in [0.1, 0.15) is 0 Å². The van der Waals surface area contributed by atoms with Gasteiger partial charge in [0.15, 0.2) is 0 Å². The number of nitrogens with zero attached hydrogens (tertiary/aromatic N) is 3. The molecule has 0 aromatic rings. The van der Waals surface area contributed by atoms with Crippen molar-refractivity contribution in [2.24, 2.45) is 0 Å². The monoisotopic (exact) mass is 447 g/mol. The molecule has 1 saturated heterocycles. The Hall–Kier alpha value is -0.150. The summed E-state index contributed by atoms with van der Waals surface area (Å²) in [6.07, 6.45) is 0. The second kappa shape index (κ2) is 7.44. The van der Waals surface area contributed by atoms with Crippen molar-refractivity contribution in [1.82, 2.24) is 14.7 Å². The second-order valence-electron chi connectivity index (χ2n) is 3.63. The zero-order chi connectivity index (χ0) is 13.7. The van der Waals surface area contributed by atoms with Gasteiger partial charge >= 0.3 is 0 Å². The minimum Gasteiger partial charge on any atom is -0.306 e. The largest absolute Gasteiger partial charge is 0.306 e. The Balaban J connectivity index is 2.81. The quantitative estimate of drug-likeness (QED) is 0.591. The van der Waals surface area contributed by atoms with E-state index in [1.807, 2.05) is 0 Å². The van der Waals surface area contributed by atoms with Gasteiger partial charge in [-0.1, -0.05) is 47.8 Å². The Labute approximate surface area is 130 Å². The fourth-order valence-electron chi connectivity index (χ4n) is 1.48. The number of rotatable bonds is 3. The number of amides is 3. The van der Waals surface area contributed by atoms with Gasteiger partial charge in [-0.3, -0.25) is 14.4 Å². The third-order valence-electron chi connectivity index (χ3n) is 2.43. The standard InChI is InChI=1S/C9H12Br3N3O3/c10-1-7(16)13-4-14(8(17)2-11)6-15(5-13)9(18)3-12/h1-6H2. The minimum absolute atomic E-state index is 0.158. The lowest BCUT2D eigenvalue weighted by Crippen LogP contribution is -2.60. The molecule has 1 heterocycles. The normalized spacial score (nSPS) is 15.8. The van der Waals surface area contributed by atoms with Crippen LogP contribution in [0.25, 0.3) is 0 Å². The number of alkyl halides is 3. The first-order valence-electron chi connectivity index (χ1n) is 5.04. The Bertz CT molecular complexity index is 295. The van der Waals surface area contributed by atoms with Crippen molar-refractivity contribution in [3.8, 4) is 0 Å². The summed E-state index contributed by atoms with van der Waals surface area (Å²) in [6.45, 7) is 0.628. The maximum Gasteiger partial charge on any atom is 0.236 e. The molecular weight excluding hydrogens is 438 g/mol. The van der Waals surface area contributed by atoms with Gasteiger partial charge in [0, 0.05) is 0 Å². The molecule has 18 heavy (non-hydrogen) atoms. The van der Waals surface area contributed by atoms with Gasteiger partial charge in [-0.2, -0.15) is 0 Å². The van der Waals surface area contributed by atoms with Crippen molar-refractivity contribution in [3.05, 3.63) is 0 Å². The van der Waals surface area contributed by atoms with E-state index in [9.17, 15) is 14.4 Å². The summed E-state index contributed by atoms with van der Waals surface area (Å²) in [5.74, 6) is -0.474. The van der Waals surface area contributed by atoms with Crippen LogP contribution < -0.4 is 0 Å². The Kier molecular flexibility index (Phi) is 6.58. The lowest BCUT2D eigenvalue weighted by Gasteiger charge is -2.41. The molecule has 1 aliphatic heterocycles. The highest BCUT2D eigenvalue weighted by Gasteiger charge is 2.30. The molecule has 0 aromatic heterocycles. The summed E-state index contributed by atoms with van der Waals surface area (Å²) in [6, 6.07) is 0. The molecule has 0 saturated carbocycles. The van der Waals surface area contributed by atoms with E-state index in [1.54, 1.807) is 0 Å². The number of halogens is 3. The maximum absolute atomic E-state index is 11.7. The first-order chi connectivity index (χ1) is 8.53. The topological polar surface area (TPSA) is 60.9 Å². The Morgan fingerprint density at radius 1 is 0.667 bits per heavy atom. The molecule has 1 rings (SSSR count). The van der Waals surface area contributed by atoms with Crippen molar-refractivity contribution in [2.75, 3.05) is 36.0 Å². The van der Waals surface area contributed by atoms with Crippen LogP contribution in [-0.4, -0.2) is 68.4 Å². The molecule has 0 spiro atoms. The summed E-state index contributed by atoms with van der Waals surface area (Å²) in [4.78, 5) is 39.4. The van der Waals surface area contributed by atoms with Gasteiger partial charge < -0.3 is 14.7 Å². The van der Waals surface area contributed by atoms with Gasteiger partial charge in [-0.15, -0.1) is 0 Å². The number of carbonyl (C=O) groups is 3. The van der Waals surface area contributed by atoms with Gasteiger partial charge in [0.25, 0.3) is 0 Å². The molecular formula is C9H12Br3N3O3. The number of hydrogen-bond donors (Lipinski definition) is 0. The van der Waals surface area contributed by atoms with E-state index < -0.39 is 0 Å². The fourth-order valence-corrected chi connectivity index (χ4v) is 2.54. The smallest absolute Gasteiger partial charge is 0.236 e. The van der Waals surface area contributed by atoms with Crippen molar-refractivity contribution < 1.29 is 14.4 Å². The summed E-state index contributed by atoms with van der Waals surface area (Å²) in [5.41, 5.74) is 0. The Morgan fingerprint density at radius 2 is 0.889 bits per heavy atom. The minimum atomic E-state index is -0.158. The molecule has 3 amide bonds. The summed E-state index contributed by atoms with van der Waals surface area (Å²) < 4.78 is 0. The molecule has 0 bridgehead atoms. The van der Waals surface area contributed by atoms with Gasteiger partial charge in [0.2, 0.25) is 17.7 Å². The molecule has 6 nitrogen and oxygen atoms in total. The molecule has 0 atom stereocenters. The molecule has 0 aromatic carbocycles. The lowest BCUT2D eigenvalue weighted by molar-refractivity contribution is -0.154. The van der Waals surface area contributed by atoms with Crippen LogP contribution in [0.3, 0.4) is 0 Å². The van der Waals surface area contributed by atoms with Crippen molar-refractivity contribution >= 4 is 65.5 Å². The third-order valence-corrected chi connectivity index (χ3v) is 3.86. The highest BCUT2D eigenvalue weighted by molar-refractivity contribution is 9.09. The van der Waals surface area contributed by atoms with Crippen LogP contribution in [0.4, 0.5) is 0 Å². The average molecular weight is 450 g/mol. The van der Waals surface area contributed by atoms with E-state index in [1.165, 1.54) is 14.7 Å². The fraction of sp³-hybridized carbons (Fsp3) is 0.667. The molecule has 102 valence electrons. The maximum atomic E-state index is 11.7. The zero-order valence-corrected chi connectivity index (χ0v) is 14.2. The highest BCUT2D eigenvalue weighted by atomic mass is 79.9. The van der Waals surface area contributed by atoms with Gasteiger partial charge in [0.05, 0.1) is 36.0 Å². The molecule has 0 radical (unpaired) electrons. The van der Waals surface area contributed by atoms with Gasteiger partial charge in [-0.25, -0.2) is 0 Å². The van der Waals surface area contributed by atoms with Crippen LogP contribution in [-0.2, 0) is 14.4 Å². The van der Waals surface area contributed by atoms with E-state index in [0.29, 0.717) is 0 Å². The summed E-state index contributed by atoms with van der Waals surface area (Å²) in [5, 5.41) is 0.499. The van der Waals surface area contributed by atoms with E-state index in [4.69, 9.17) is 0 Å². The molecule has 9 heteroatoms. The first kappa shape index (κ1) is 15.9. The van der Waals surface area contributed by atoms with Crippen molar-refractivity contribution in [3.63, 3.8) is 0 Å². The molecule has 0 N–H and O–H groups in total. The van der Waals surface area contributed by atoms with Crippen LogP contribution in [0.15, 0.2) is 0 Å². The number of carbonyl (C=O) groups excluding carboxylic acids is 3.